The van der Waals surface area contributed by atoms with Gasteiger partial charge in [-0.1, -0.05) is 0 Å². The van der Waals surface area contributed by atoms with E-state index in [1.165, 1.54) is 0 Å². The Labute approximate surface area is 68.9 Å². The molecule has 3 heteroatoms. The lowest BCUT2D eigenvalue weighted by molar-refractivity contribution is -0.918. The van der Waals surface area contributed by atoms with Crippen molar-refractivity contribution in [1.29, 1.82) is 0 Å². The van der Waals surface area contributed by atoms with Crippen LogP contribution >= 0.6 is 0 Å². The molecular formula is C8H19N2O+. The first-order chi connectivity index (χ1) is 5.08. The smallest absolute Gasteiger partial charge is 0.0853 e. The van der Waals surface area contributed by atoms with Gasteiger partial charge in [-0.05, 0) is 12.8 Å². The molecule has 0 spiro atoms. The van der Waals surface area contributed by atoms with E-state index in [0.717, 1.165) is 30.6 Å². The summed E-state index contributed by atoms with van der Waals surface area (Å²) in [6.07, 6.45) is 2.30. The molecule has 0 amide bonds. The number of hydrogen-bond acceptors (Lipinski definition) is 2. The number of ether oxygens (including phenoxy) is 1. The van der Waals surface area contributed by atoms with Crippen LogP contribution in [-0.4, -0.2) is 45.0 Å². The summed E-state index contributed by atoms with van der Waals surface area (Å²) in [5.74, 6) is 0. The van der Waals surface area contributed by atoms with Crippen LogP contribution in [0.5, 0.6) is 0 Å². The predicted octanol–water partition coefficient (Wildman–Crippen LogP) is 0.376. The number of quaternary nitrogens is 1. The van der Waals surface area contributed by atoms with Crippen molar-refractivity contribution in [3.63, 3.8) is 0 Å². The molecule has 0 bridgehead atoms. The average molecular weight is 159 g/mol. The third-order valence-electron chi connectivity index (χ3n) is 1.79. The van der Waals surface area contributed by atoms with Gasteiger partial charge in [0, 0.05) is 13.2 Å². The molecule has 1 aliphatic rings. The molecule has 0 aromatic carbocycles. The second-order valence-electron chi connectivity index (χ2n) is 4.03. The van der Waals surface area contributed by atoms with Crippen molar-refractivity contribution in [2.24, 2.45) is 0 Å². The molecule has 66 valence electrons. The van der Waals surface area contributed by atoms with Gasteiger partial charge in [-0.3, -0.25) is 4.59 Å². The Morgan fingerprint density at radius 3 is 2.18 bits per heavy atom. The van der Waals surface area contributed by atoms with E-state index in [1.54, 1.807) is 0 Å². The minimum atomic E-state index is 0.642. The largest absolute Gasteiger partial charge is 0.381 e. The van der Waals surface area contributed by atoms with Crippen LogP contribution in [0.4, 0.5) is 0 Å². The number of nitrogens with one attached hydrogen (secondary N) is 1. The van der Waals surface area contributed by atoms with Gasteiger partial charge >= 0.3 is 0 Å². The summed E-state index contributed by atoms with van der Waals surface area (Å²) in [6.45, 7) is 1.83. The molecule has 11 heavy (non-hydrogen) atoms. The topological polar surface area (TPSA) is 21.3 Å². The van der Waals surface area contributed by atoms with Crippen LogP contribution in [-0.2, 0) is 4.74 Å². The van der Waals surface area contributed by atoms with Crippen molar-refractivity contribution < 1.29 is 9.33 Å². The molecule has 0 aromatic heterocycles. The molecule has 1 saturated heterocycles. The predicted molar refractivity (Wildman–Crippen MR) is 45.0 cm³/mol. The van der Waals surface area contributed by atoms with E-state index < -0.39 is 0 Å². The van der Waals surface area contributed by atoms with Gasteiger partial charge in [0.05, 0.1) is 27.2 Å². The van der Waals surface area contributed by atoms with Crippen molar-refractivity contribution in [3.05, 3.63) is 0 Å². The van der Waals surface area contributed by atoms with Crippen LogP contribution in [0.1, 0.15) is 12.8 Å². The lowest BCUT2D eigenvalue weighted by Gasteiger charge is -2.31. The van der Waals surface area contributed by atoms with E-state index in [0.29, 0.717) is 6.04 Å². The van der Waals surface area contributed by atoms with Crippen LogP contribution in [0.25, 0.3) is 0 Å². The molecule has 1 heterocycles. The van der Waals surface area contributed by atoms with Gasteiger partial charge in [0.2, 0.25) is 0 Å². The fraction of sp³-hybridized carbons (Fsp3) is 1.00. The fourth-order valence-electron chi connectivity index (χ4n) is 1.37. The molecule has 3 nitrogen and oxygen atoms in total. The van der Waals surface area contributed by atoms with E-state index in [9.17, 15) is 0 Å². The maximum Gasteiger partial charge on any atom is 0.0853 e. The first kappa shape index (κ1) is 8.97. The van der Waals surface area contributed by atoms with E-state index in [4.69, 9.17) is 4.74 Å². The highest BCUT2D eigenvalue weighted by Gasteiger charge is 2.19. The molecular weight excluding hydrogens is 140 g/mol. The van der Waals surface area contributed by atoms with Crippen molar-refractivity contribution >= 4 is 0 Å². The third kappa shape index (κ3) is 3.70. The number of hydrogen-bond donors (Lipinski definition) is 1. The highest BCUT2D eigenvalue weighted by molar-refractivity contribution is 4.65. The zero-order chi connectivity index (χ0) is 8.32. The van der Waals surface area contributed by atoms with Crippen molar-refractivity contribution in [2.45, 2.75) is 18.9 Å². The minimum absolute atomic E-state index is 0.642. The summed E-state index contributed by atoms with van der Waals surface area (Å²) in [7, 11) is 6.44. The van der Waals surface area contributed by atoms with Crippen LogP contribution in [0.15, 0.2) is 0 Å². The highest BCUT2D eigenvalue weighted by atomic mass is 16.5. The lowest BCUT2D eigenvalue weighted by Crippen LogP contribution is -2.54. The van der Waals surface area contributed by atoms with Crippen LogP contribution in [0.2, 0.25) is 0 Å². The Hall–Kier alpha value is -0.120. The molecule has 0 atom stereocenters. The van der Waals surface area contributed by atoms with Gasteiger partial charge < -0.3 is 4.74 Å². The summed E-state index contributed by atoms with van der Waals surface area (Å²) in [5, 5.41) is 0. The quantitative estimate of drug-likeness (QED) is 0.464. The first-order valence-electron chi connectivity index (χ1n) is 4.25. The Bertz CT molecular complexity index is 114. The summed E-state index contributed by atoms with van der Waals surface area (Å²) in [4.78, 5) is 0. The monoisotopic (exact) mass is 159 g/mol. The van der Waals surface area contributed by atoms with E-state index in [-0.39, 0.29) is 0 Å². The van der Waals surface area contributed by atoms with Crippen LogP contribution < -0.4 is 5.43 Å². The minimum Gasteiger partial charge on any atom is -0.381 e. The second kappa shape index (κ2) is 3.52. The molecule has 0 aromatic rings. The SMILES string of the molecule is C[N+](C)(C)NC1CCOCC1. The Balaban J connectivity index is 2.24. The maximum absolute atomic E-state index is 5.27. The van der Waals surface area contributed by atoms with Crippen LogP contribution in [0.3, 0.4) is 0 Å². The molecule has 1 N–H and O–H groups in total. The van der Waals surface area contributed by atoms with Gasteiger partial charge in [-0.15, -0.1) is 0 Å². The Morgan fingerprint density at radius 2 is 1.73 bits per heavy atom. The summed E-state index contributed by atoms with van der Waals surface area (Å²) in [5.41, 5.74) is 3.52. The summed E-state index contributed by atoms with van der Waals surface area (Å²) < 4.78 is 6.11. The third-order valence-corrected chi connectivity index (χ3v) is 1.79. The summed E-state index contributed by atoms with van der Waals surface area (Å²) >= 11 is 0. The van der Waals surface area contributed by atoms with Crippen LogP contribution in [0, 0.1) is 0 Å². The zero-order valence-corrected chi connectivity index (χ0v) is 7.76. The standard InChI is InChI=1S/C8H19N2O/c1-10(2,3)9-8-4-6-11-7-5-8/h8-9H,4-7H2,1-3H3/q+1. The molecule has 0 saturated carbocycles. The maximum atomic E-state index is 5.27. The second-order valence-corrected chi connectivity index (χ2v) is 4.03. The van der Waals surface area contributed by atoms with Gasteiger partial charge in [-0.2, -0.15) is 5.43 Å². The molecule has 0 aliphatic carbocycles. The van der Waals surface area contributed by atoms with Gasteiger partial charge in [-0.25, -0.2) is 0 Å². The van der Waals surface area contributed by atoms with E-state index in [2.05, 4.69) is 26.6 Å². The highest BCUT2D eigenvalue weighted by Crippen LogP contribution is 2.07. The lowest BCUT2D eigenvalue weighted by atomic mass is 10.1. The zero-order valence-electron chi connectivity index (χ0n) is 7.76. The molecule has 1 rings (SSSR count). The first-order valence-corrected chi connectivity index (χ1v) is 4.25. The van der Waals surface area contributed by atoms with Gasteiger partial charge in [0.15, 0.2) is 0 Å². The number of rotatable bonds is 2. The molecule has 1 aliphatic heterocycles. The van der Waals surface area contributed by atoms with Crippen molar-refractivity contribution in [2.75, 3.05) is 34.4 Å². The normalized spacial score (nSPS) is 22.1. The summed E-state index contributed by atoms with van der Waals surface area (Å²) in [6, 6.07) is 0.642. The average Bonchev–Trinajstić information content (AvgIpc) is 1.85. The van der Waals surface area contributed by atoms with Crippen molar-refractivity contribution in [1.82, 2.24) is 5.43 Å². The molecule has 1 fully saturated rings. The van der Waals surface area contributed by atoms with Gasteiger partial charge in [0.25, 0.3) is 0 Å². The van der Waals surface area contributed by atoms with Gasteiger partial charge in [0.1, 0.15) is 0 Å². The Kier molecular flexibility index (Phi) is 2.87. The van der Waals surface area contributed by atoms with E-state index >= 15 is 0 Å². The van der Waals surface area contributed by atoms with Crippen molar-refractivity contribution in [3.8, 4) is 0 Å². The van der Waals surface area contributed by atoms with E-state index in [1.807, 2.05) is 0 Å². The fourth-order valence-corrected chi connectivity index (χ4v) is 1.37. The Morgan fingerprint density at radius 1 is 1.18 bits per heavy atom. The molecule has 0 radical (unpaired) electrons. The molecule has 0 unspecified atom stereocenters. The number of nitrogens with zero attached hydrogens (tertiary/aromatic N) is 1.